The zero-order chi connectivity index (χ0) is 33.7. The quantitative estimate of drug-likeness (QED) is 0.306. The van der Waals surface area contributed by atoms with E-state index in [2.05, 4.69) is 39.2 Å². The van der Waals surface area contributed by atoms with Gasteiger partial charge in [-0.15, -0.1) is 13.2 Å². The monoisotopic (exact) mass is 643 g/mol. The molecule has 0 aromatic heterocycles. The van der Waals surface area contributed by atoms with E-state index in [1.807, 2.05) is 20.8 Å². The van der Waals surface area contributed by atoms with Gasteiger partial charge in [0.15, 0.2) is 0 Å². The van der Waals surface area contributed by atoms with Crippen molar-refractivity contribution >= 4 is 29.6 Å². The van der Waals surface area contributed by atoms with Crippen LogP contribution < -0.4 is 10.2 Å². The molecule has 1 saturated heterocycles. The van der Waals surface area contributed by atoms with E-state index in [0.717, 1.165) is 24.9 Å². The minimum atomic E-state index is -4.83. The Balaban J connectivity index is 0.000000498. The first kappa shape index (κ1) is 38.3. The second-order valence-corrected chi connectivity index (χ2v) is 11.0. The summed E-state index contributed by atoms with van der Waals surface area (Å²) in [4.78, 5) is 48.1. The minimum Gasteiger partial charge on any atom is -0.481 e. The number of ether oxygens (including phenoxy) is 2. The Morgan fingerprint density at radius 3 is 2.11 bits per heavy atom. The van der Waals surface area contributed by atoms with Crippen LogP contribution in [0.5, 0.6) is 0 Å². The molecule has 44 heavy (non-hydrogen) atoms. The van der Waals surface area contributed by atoms with Crippen LogP contribution in [0.15, 0.2) is 24.3 Å². The van der Waals surface area contributed by atoms with Crippen molar-refractivity contribution < 1.29 is 60.1 Å². The molecule has 0 aliphatic carbocycles. The molecule has 0 spiro atoms. The lowest BCUT2D eigenvalue weighted by Crippen LogP contribution is -2.60. The maximum Gasteiger partial charge on any atom is 0.575 e. The third kappa shape index (κ3) is 16.8. The number of carboxylic acid groups (broad SMARTS) is 1. The number of hydrogen-bond donors (Lipinski definition) is 2. The number of carbonyl (C=O) groups excluding carboxylic acids is 3. The van der Waals surface area contributed by atoms with Gasteiger partial charge in [-0.25, -0.2) is 4.79 Å². The molecule has 1 fully saturated rings. The number of anilines is 1. The normalized spacial score (nSPS) is 17.8. The lowest BCUT2D eigenvalue weighted by atomic mass is 10.0. The van der Waals surface area contributed by atoms with Crippen molar-refractivity contribution in [2.24, 2.45) is 0 Å². The van der Waals surface area contributed by atoms with Crippen LogP contribution >= 0.6 is 0 Å². The van der Waals surface area contributed by atoms with E-state index < -0.39 is 42.5 Å². The molecule has 2 aliphatic heterocycles. The number of rotatable bonds is 1. The van der Waals surface area contributed by atoms with Crippen molar-refractivity contribution in [3.8, 4) is 0 Å². The fourth-order valence-electron chi connectivity index (χ4n) is 4.17. The number of hydrogen-bond acceptors (Lipinski definition) is 7. The summed E-state index contributed by atoms with van der Waals surface area (Å²) in [6.07, 6.45) is -5.98. The van der Waals surface area contributed by atoms with Gasteiger partial charge in [0.1, 0.15) is 18.1 Å². The number of amides is 2. The van der Waals surface area contributed by atoms with E-state index in [4.69, 9.17) is 9.84 Å². The SMILES string of the molecule is CC(=O)OC(F)(F)F.CC(C)(C)OC(=O)N1CCN2c3cccc(c3)CCCCCCNC(=O)C2C1.O=C(O)CC(F)(F)F. The van der Waals surface area contributed by atoms with E-state index in [-0.39, 0.29) is 12.0 Å². The summed E-state index contributed by atoms with van der Waals surface area (Å²) in [5.41, 5.74) is 1.82. The second kappa shape index (κ2) is 16.9. The van der Waals surface area contributed by atoms with E-state index in [1.54, 1.807) is 4.90 Å². The second-order valence-electron chi connectivity index (χ2n) is 11.0. The first-order valence-electron chi connectivity index (χ1n) is 13.8. The smallest absolute Gasteiger partial charge is 0.481 e. The van der Waals surface area contributed by atoms with Crippen molar-refractivity contribution in [1.29, 1.82) is 0 Å². The maximum absolute atomic E-state index is 13.0. The third-order valence-electron chi connectivity index (χ3n) is 5.88. The molecule has 0 saturated carbocycles. The average molecular weight is 644 g/mol. The molecular weight excluding hydrogens is 604 g/mol. The number of alkyl halides is 6. The van der Waals surface area contributed by atoms with E-state index in [9.17, 15) is 45.5 Å². The number of piperazine rings is 1. The Hall–Kier alpha value is -3.72. The van der Waals surface area contributed by atoms with E-state index in [0.29, 0.717) is 33.1 Å². The molecule has 1 aromatic carbocycles. The van der Waals surface area contributed by atoms with Gasteiger partial charge in [0.25, 0.3) is 0 Å². The summed E-state index contributed by atoms with van der Waals surface area (Å²) < 4.78 is 73.7. The summed E-state index contributed by atoms with van der Waals surface area (Å²) in [5, 5.41) is 10.6. The highest BCUT2D eigenvalue weighted by molar-refractivity contribution is 5.86. The molecule has 1 atom stereocenters. The van der Waals surface area contributed by atoms with Crippen LogP contribution in [0.3, 0.4) is 0 Å². The predicted octanol–water partition coefficient (Wildman–Crippen LogP) is 5.44. The number of carboxylic acids is 1. The number of aliphatic carboxylic acids is 1. The van der Waals surface area contributed by atoms with Crippen molar-refractivity contribution in [1.82, 2.24) is 10.2 Å². The van der Waals surface area contributed by atoms with Crippen molar-refractivity contribution in [2.45, 2.75) is 90.4 Å². The number of fused-ring (bicyclic) bond motifs is 4. The van der Waals surface area contributed by atoms with Gasteiger partial charge in [0.05, 0.1) is 6.54 Å². The highest BCUT2D eigenvalue weighted by atomic mass is 19.4. The van der Waals surface area contributed by atoms with E-state index in [1.165, 1.54) is 18.4 Å². The lowest BCUT2D eigenvalue weighted by molar-refractivity contribution is -0.304. The number of aryl methyl sites for hydroxylation is 1. The number of nitrogens with one attached hydrogen (secondary N) is 1. The van der Waals surface area contributed by atoms with Crippen LogP contribution in [0.4, 0.5) is 36.8 Å². The molecule has 1 unspecified atom stereocenters. The van der Waals surface area contributed by atoms with Gasteiger partial charge in [-0.2, -0.15) is 13.2 Å². The Morgan fingerprint density at radius 2 is 1.61 bits per heavy atom. The average Bonchev–Trinajstić information content (AvgIpc) is 2.85. The number of benzene rings is 1. The molecule has 16 heteroatoms. The zero-order valence-electron chi connectivity index (χ0n) is 25.0. The largest absolute Gasteiger partial charge is 0.575 e. The standard InChI is InChI=1S/C22H33N3O3.2C3H3F3O2/c1-22(2,3)28-21(27)24-13-14-25-18-11-8-10-17(15-18)9-6-4-5-7-12-23-20(26)19(25)16-24;1-2(7)8-3(4,5)6;4-3(5,6)1-2(7)8/h8,10-11,15,19H,4-7,9,12-14,16H2,1-3H3,(H,23,26);1H3;1H2,(H,7,8). The topological polar surface area (TPSA) is 125 Å². The minimum absolute atomic E-state index is 0.0158. The van der Waals surface area contributed by atoms with Crippen LogP contribution in [0.2, 0.25) is 0 Å². The summed E-state index contributed by atoms with van der Waals surface area (Å²) in [6, 6.07) is 8.08. The Labute approximate surface area is 251 Å². The fourth-order valence-corrected chi connectivity index (χ4v) is 4.17. The Morgan fingerprint density at radius 1 is 0.977 bits per heavy atom. The van der Waals surface area contributed by atoms with Gasteiger partial charge in [0.2, 0.25) is 5.91 Å². The highest BCUT2D eigenvalue weighted by Crippen LogP contribution is 2.25. The number of esters is 1. The molecule has 2 amide bonds. The molecule has 3 rings (SSSR count). The van der Waals surface area contributed by atoms with Gasteiger partial charge in [-0.1, -0.05) is 25.0 Å². The van der Waals surface area contributed by atoms with Gasteiger partial charge in [0, 0.05) is 32.2 Å². The first-order chi connectivity index (χ1) is 20.2. The van der Waals surface area contributed by atoms with Crippen LogP contribution in [-0.2, 0) is 30.3 Å². The van der Waals surface area contributed by atoms with Crippen LogP contribution in [0.25, 0.3) is 0 Å². The molecule has 2 bridgehead atoms. The first-order valence-corrected chi connectivity index (χ1v) is 13.8. The van der Waals surface area contributed by atoms with Gasteiger partial charge < -0.3 is 29.7 Å². The molecule has 1 aromatic rings. The Kier molecular flexibility index (Phi) is 14.8. The zero-order valence-corrected chi connectivity index (χ0v) is 25.0. The van der Waals surface area contributed by atoms with Crippen LogP contribution in [0, 0.1) is 0 Å². The fraction of sp³-hybridized carbons (Fsp3) is 0.643. The summed E-state index contributed by atoms with van der Waals surface area (Å²) in [5.74, 6) is -3.21. The molecule has 2 heterocycles. The summed E-state index contributed by atoms with van der Waals surface area (Å²) >= 11 is 0. The van der Waals surface area contributed by atoms with Gasteiger partial charge in [-0.05, 0) is 57.7 Å². The predicted molar refractivity (Wildman–Crippen MR) is 147 cm³/mol. The maximum atomic E-state index is 13.0. The Bertz CT molecular complexity index is 1080. The molecule has 10 nitrogen and oxygen atoms in total. The molecule has 2 N–H and O–H groups in total. The number of halogens is 6. The third-order valence-corrected chi connectivity index (χ3v) is 5.88. The number of nitrogens with zero attached hydrogens (tertiary/aromatic N) is 2. The molecule has 0 radical (unpaired) electrons. The van der Waals surface area contributed by atoms with Crippen molar-refractivity contribution in [3.05, 3.63) is 29.8 Å². The molecule has 2 aliphatic rings. The van der Waals surface area contributed by atoms with Crippen molar-refractivity contribution in [2.75, 3.05) is 31.1 Å². The van der Waals surface area contributed by atoms with E-state index >= 15 is 0 Å². The highest BCUT2D eigenvalue weighted by Gasteiger charge is 2.36. The van der Waals surface area contributed by atoms with Crippen LogP contribution in [-0.4, -0.2) is 84.3 Å². The molecular formula is C28H39F6N3O7. The summed E-state index contributed by atoms with van der Waals surface area (Å²) in [7, 11) is 0. The summed E-state index contributed by atoms with van der Waals surface area (Å²) in [6.45, 7) is 8.45. The van der Waals surface area contributed by atoms with Crippen molar-refractivity contribution in [3.63, 3.8) is 0 Å². The van der Waals surface area contributed by atoms with Gasteiger partial charge in [-0.3, -0.25) is 14.4 Å². The van der Waals surface area contributed by atoms with Gasteiger partial charge >= 0.3 is 30.6 Å². The lowest BCUT2D eigenvalue weighted by Gasteiger charge is -2.42. The van der Waals surface area contributed by atoms with Crippen LogP contribution in [0.1, 0.15) is 65.4 Å². The molecule has 250 valence electrons. The number of carbonyl (C=O) groups is 4.